The minimum Gasteiger partial charge on any atom is -0.481 e. The van der Waals surface area contributed by atoms with E-state index in [9.17, 15) is 18.0 Å². The van der Waals surface area contributed by atoms with Crippen LogP contribution in [-0.4, -0.2) is 38.5 Å². The quantitative estimate of drug-likeness (QED) is 0.632. The van der Waals surface area contributed by atoms with E-state index in [0.29, 0.717) is 19.3 Å². The molecule has 24 heavy (non-hydrogen) atoms. The molecule has 0 bridgehead atoms. The lowest BCUT2D eigenvalue weighted by Crippen LogP contribution is -2.39. The minimum atomic E-state index is -3.58. The van der Waals surface area contributed by atoms with Gasteiger partial charge in [-0.15, -0.1) is 0 Å². The Morgan fingerprint density at radius 2 is 1.75 bits per heavy atom. The number of hydrogen-bond acceptors (Lipinski definition) is 4. The van der Waals surface area contributed by atoms with Gasteiger partial charge in [0.2, 0.25) is 15.9 Å². The van der Waals surface area contributed by atoms with Gasteiger partial charge in [-0.05, 0) is 31.4 Å². The maximum atomic E-state index is 12.1. The van der Waals surface area contributed by atoms with Crippen molar-refractivity contribution in [3.8, 4) is 0 Å². The van der Waals surface area contributed by atoms with Crippen LogP contribution in [0.4, 0.5) is 0 Å². The molecule has 0 spiro atoms. The number of sulfonamides is 1. The molecule has 7 nitrogen and oxygen atoms in total. The Morgan fingerprint density at radius 1 is 1.08 bits per heavy atom. The van der Waals surface area contributed by atoms with Crippen molar-refractivity contribution in [1.29, 1.82) is 0 Å². The first-order valence-electron chi connectivity index (χ1n) is 7.95. The van der Waals surface area contributed by atoms with Crippen LogP contribution in [0.5, 0.6) is 0 Å². The van der Waals surface area contributed by atoms with Gasteiger partial charge < -0.3 is 10.4 Å². The van der Waals surface area contributed by atoms with Crippen molar-refractivity contribution in [2.75, 3.05) is 13.1 Å². The molecule has 3 N–H and O–H groups in total. The summed E-state index contributed by atoms with van der Waals surface area (Å²) in [7, 11) is -3.58. The Hall–Kier alpha value is -1.93. The molecule has 2 atom stereocenters. The number of carbonyl (C=O) groups excluding carboxylic acids is 1. The normalized spacial score (nSPS) is 21.2. The fourth-order valence-electron chi connectivity index (χ4n) is 2.85. The third-order valence-corrected chi connectivity index (χ3v) is 5.64. The van der Waals surface area contributed by atoms with Crippen molar-refractivity contribution in [2.45, 2.75) is 30.6 Å². The number of benzene rings is 1. The molecule has 132 valence electrons. The topological polar surface area (TPSA) is 113 Å². The van der Waals surface area contributed by atoms with E-state index in [1.807, 2.05) is 0 Å². The SMILES string of the molecule is O=C(O)C1CCCC(C(=O)NCCNS(=O)(=O)c2ccccc2)C1. The van der Waals surface area contributed by atoms with Crippen molar-refractivity contribution in [3.63, 3.8) is 0 Å². The summed E-state index contributed by atoms with van der Waals surface area (Å²) >= 11 is 0. The van der Waals surface area contributed by atoms with Crippen LogP contribution >= 0.6 is 0 Å². The van der Waals surface area contributed by atoms with E-state index in [0.717, 1.165) is 6.42 Å². The van der Waals surface area contributed by atoms with E-state index in [4.69, 9.17) is 5.11 Å². The first-order chi connectivity index (χ1) is 11.4. The molecule has 1 saturated carbocycles. The zero-order valence-corrected chi connectivity index (χ0v) is 14.1. The largest absolute Gasteiger partial charge is 0.481 e. The zero-order valence-electron chi connectivity index (χ0n) is 13.3. The summed E-state index contributed by atoms with van der Waals surface area (Å²) in [5, 5.41) is 11.7. The van der Waals surface area contributed by atoms with E-state index < -0.39 is 21.9 Å². The molecular formula is C16H22N2O5S. The zero-order chi connectivity index (χ0) is 17.6. The Kier molecular flexibility index (Phi) is 6.33. The monoisotopic (exact) mass is 354 g/mol. The van der Waals surface area contributed by atoms with Gasteiger partial charge in [0, 0.05) is 19.0 Å². The second-order valence-corrected chi connectivity index (χ2v) is 7.67. The molecule has 8 heteroatoms. The highest BCUT2D eigenvalue weighted by molar-refractivity contribution is 7.89. The summed E-state index contributed by atoms with van der Waals surface area (Å²) in [6, 6.07) is 7.99. The standard InChI is InChI=1S/C16H22N2O5S/c19-15(12-5-4-6-13(11-12)16(20)21)17-9-10-18-24(22,23)14-7-2-1-3-8-14/h1-3,7-8,12-13,18H,4-6,9-11H2,(H,17,19)(H,20,21). The third-order valence-electron chi connectivity index (χ3n) is 4.16. The van der Waals surface area contributed by atoms with Crippen LogP contribution in [0.25, 0.3) is 0 Å². The number of carboxylic acids is 1. The van der Waals surface area contributed by atoms with Crippen LogP contribution in [0.1, 0.15) is 25.7 Å². The summed E-state index contributed by atoms with van der Waals surface area (Å²) in [4.78, 5) is 23.3. The second-order valence-electron chi connectivity index (χ2n) is 5.90. The Morgan fingerprint density at radius 3 is 2.42 bits per heavy atom. The summed E-state index contributed by atoms with van der Waals surface area (Å²) in [6.07, 6.45) is 2.34. The Balaban J connectivity index is 1.76. The molecular weight excluding hydrogens is 332 g/mol. The molecule has 0 radical (unpaired) electrons. The van der Waals surface area contributed by atoms with Gasteiger partial charge in [0.15, 0.2) is 0 Å². The van der Waals surface area contributed by atoms with Crippen LogP contribution in [-0.2, 0) is 19.6 Å². The summed E-state index contributed by atoms with van der Waals surface area (Å²) in [6.45, 7) is 0.247. The van der Waals surface area contributed by atoms with Crippen molar-refractivity contribution in [1.82, 2.24) is 10.0 Å². The molecule has 1 amide bonds. The molecule has 1 aliphatic carbocycles. The van der Waals surface area contributed by atoms with Crippen LogP contribution < -0.4 is 10.0 Å². The third kappa shape index (κ3) is 5.04. The lowest BCUT2D eigenvalue weighted by Gasteiger charge is -2.25. The Bertz CT molecular complexity index is 675. The van der Waals surface area contributed by atoms with E-state index in [1.165, 1.54) is 12.1 Å². The summed E-state index contributed by atoms with van der Waals surface area (Å²) in [5.74, 6) is -1.85. The fraction of sp³-hybridized carbons (Fsp3) is 0.500. The summed E-state index contributed by atoms with van der Waals surface area (Å²) < 4.78 is 26.4. The predicted octanol–water partition coefficient (Wildman–Crippen LogP) is 0.972. The number of hydrogen-bond donors (Lipinski definition) is 3. The average Bonchev–Trinajstić information content (AvgIpc) is 2.59. The number of rotatable bonds is 7. The fourth-order valence-corrected chi connectivity index (χ4v) is 3.90. The molecule has 0 aliphatic heterocycles. The molecule has 1 aliphatic rings. The number of amides is 1. The molecule has 0 heterocycles. The molecule has 2 rings (SSSR count). The molecule has 1 fully saturated rings. The van der Waals surface area contributed by atoms with E-state index >= 15 is 0 Å². The smallest absolute Gasteiger partial charge is 0.306 e. The highest BCUT2D eigenvalue weighted by atomic mass is 32.2. The van der Waals surface area contributed by atoms with Crippen LogP contribution in [0.3, 0.4) is 0 Å². The number of nitrogens with one attached hydrogen (secondary N) is 2. The van der Waals surface area contributed by atoms with Crippen molar-refractivity contribution >= 4 is 21.9 Å². The van der Waals surface area contributed by atoms with E-state index in [-0.39, 0.29) is 29.8 Å². The molecule has 0 saturated heterocycles. The lowest BCUT2D eigenvalue weighted by molar-refractivity contribution is -0.144. The highest BCUT2D eigenvalue weighted by Crippen LogP contribution is 2.29. The predicted molar refractivity (Wildman–Crippen MR) is 87.7 cm³/mol. The van der Waals surface area contributed by atoms with Gasteiger partial charge in [-0.2, -0.15) is 0 Å². The number of carboxylic acid groups (broad SMARTS) is 1. The first-order valence-corrected chi connectivity index (χ1v) is 9.43. The number of aliphatic carboxylic acids is 1. The molecule has 1 aromatic carbocycles. The minimum absolute atomic E-state index is 0.0814. The first kappa shape index (κ1) is 18.4. The van der Waals surface area contributed by atoms with Gasteiger partial charge in [-0.1, -0.05) is 24.6 Å². The van der Waals surface area contributed by atoms with Gasteiger partial charge in [0.05, 0.1) is 10.8 Å². The van der Waals surface area contributed by atoms with Crippen molar-refractivity contribution < 1.29 is 23.1 Å². The highest BCUT2D eigenvalue weighted by Gasteiger charge is 2.30. The summed E-state index contributed by atoms with van der Waals surface area (Å²) in [5.41, 5.74) is 0. The Labute approximate surface area is 141 Å². The second kappa shape index (κ2) is 8.25. The average molecular weight is 354 g/mol. The maximum absolute atomic E-state index is 12.1. The van der Waals surface area contributed by atoms with E-state index in [2.05, 4.69) is 10.0 Å². The van der Waals surface area contributed by atoms with Gasteiger partial charge >= 0.3 is 5.97 Å². The van der Waals surface area contributed by atoms with Gasteiger partial charge in [0.25, 0.3) is 0 Å². The molecule has 1 aromatic rings. The van der Waals surface area contributed by atoms with Gasteiger partial charge in [-0.3, -0.25) is 9.59 Å². The maximum Gasteiger partial charge on any atom is 0.306 e. The molecule has 0 aromatic heterocycles. The van der Waals surface area contributed by atoms with Crippen molar-refractivity contribution in [2.24, 2.45) is 11.8 Å². The van der Waals surface area contributed by atoms with Gasteiger partial charge in [-0.25, -0.2) is 13.1 Å². The van der Waals surface area contributed by atoms with Gasteiger partial charge in [0.1, 0.15) is 0 Å². The lowest BCUT2D eigenvalue weighted by atomic mass is 9.81. The van der Waals surface area contributed by atoms with Crippen LogP contribution in [0.2, 0.25) is 0 Å². The molecule has 2 unspecified atom stereocenters. The number of carbonyl (C=O) groups is 2. The van der Waals surface area contributed by atoms with E-state index in [1.54, 1.807) is 18.2 Å². The van der Waals surface area contributed by atoms with Crippen LogP contribution in [0, 0.1) is 11.8 Å². The van der Waals surface area contributed by atoms with Crippen LogP contribution in [0.15, 0.2) is 35.2 Å². The van der Waals surface area contributed by atoms with Crippen molar-refractivity contribution in [3.05, 3.63) is 30.3 Å².